The first-order valence-corrected chi connectivity index (χ1v) is 9.73. The predicted molar refractivity (Wildman–Crippen MR) is 105 cm³/mol. The van der Waals surface area contributed by atoms with E-state index in [4.69, 9.17) is 0 Å². The van der Waals surface area contributed by atoms with E-state index in [0.717, 1.165) is 12.1 Å². The molecule has 0 aliphatic carbocycles. The van der Waals surface area contributed by atoms with Crippen LogP contribution in [0.15, 0.2) is 60.5 Å². The van der Waals surface area contributed by atoms with Crippen LogP contribution in [-0.2, 0) is 12.6 Å². The van der Waals surface area contributed by atoms with E-state index >= 15 is 0 Å². The van der Waals surface area contributed by atoms with Crippen LogP contribution >= 0.6 is 11.8 Å². The van der Waals surface area contributed by atoms with Crippen molar-refractivity contribution in [1.29, 1.82) is 0 Å². The number of thioether (sulfide) groups is 1. The summed E-state index contributed by atoms with van der Waals surface area (Å²) in [6.45, 7) is 7.80. The number of fused-ring (bicyclic) bond motifs is 1. The molecule has 30 heavy (non-hydrogen) atoms. The molecule has 0 saturated carbocycles. The smallest absolute Gasteiger partial charge is 0.198 e. The Balaban J connectivity index is 1.66. The van der Waals surface area contributed by atoms with E-state index in [0.29, 0.717) is 35.1 Å². The first-order chi connectivity index (χ1) is 13.8. The van der Waals surface area contributed by atoms with Crippen molar-refractivity contribution < 1.29 is 30.7 Å². The molecule has 1 aliphatic rings. The van der Waals surface area contributed by atoms with Gasteiger partial charge in [-0.25, -0.2) is 0 Å². The minimum Gasteiger partial charge on any atom is -0.198 e. The molecule has 0 radical (unpaired) electrons. The molecule has 1 heterocycles. The highest BCUT2D eigenvalue weighted by molar-refractivity contribution is 8.00. The summed E-state index contributed by atoms with van der Waals surface area (Å²) >= 11 is -0.147. The zero-order valence-corrected chi connectivity index (χ0v) is 16.4. The van der Waals surface area contributed by atoms with E-state index in [1.165, 1.54) is 24.3 Å². The maximum absolute atomic E-state index is 13.7. The minimum atomic E-state index is -4.42. The Morgan fingerprint density at radius 2 is 1.40 bits per heavy atom. The maximum Gasteiger partial charge on any atom is 0.416 e. The van der Waals surface area contributed by atoms with Gasteiger partial charge < -0.3 is 0 Å². The first-order valence-electron chi connectivity index (χ1n) is 8.91. The van der Waals surface area contributed by atoms with Gasteiger partial charge in [-0.1, -0.05) is 37.4 Å². The SMILES string of the molecule is C=C(CCC(=C)c1ccc2c(c1)CC(F)(F)C(F)(F)S2)c1ccc(C(F)(F)F)cc1. The third kappa shape index (κ3) is 4.58. The fourth-order valence-electron chi connectivity index (χ4n) is 3.08. The standard InChI is InChI=1S/C22H17F7S/c1-13(15-5-8-18(9-6-15)21(25,26)27)3-4-14(2)16-7-10-19-17(11-16)12-20(23,24)22(28,29)30-19/h5-11H,1-4,12H2. The Hall–Kier alpha value is -2.22. The molecular weight excluding hydrogens is 429 g/mol. The quantitative estimate of drug-likeness (QED) is 0.418. The van der Waals surface area contributed by atoms with Crippen LogP contribution in [0.2, 0.25) is 0 Å². The molecule has 0 amide bonds. The highest BCUT2D eigenvalue weighted by atomic mass is 32.2. The second-order valence-electron chi connectivity index (χ2n) is 7.10. The number of halogens is 7. The normalized spacial score (nSPS) is 17.3. The predicted octanol–water partition coefficient (Wildman–Crippen LogP) is 8.09. The van der Waals surface area contributed by atoms with Gasteiger partial charge >= 0.3 is 17.4 Å². The molecule has 0 atom stereocenters. The van der Waals surface area contributed by atoms with Crippen LogP contribution < -0.4 is 0 Å². The molecule has 3 rings (SSSR count). The molecule has 0 aromatic heterocycles. The van der Waals surface area contributed by atoms with E-state index in [-0.39, 0.29) is 22.2 Å². The van der Waals surface area contributed by atoms with Gasteiger partial charge in [-0.3, -0.25) is 0 Å². The fourth-order valence-corrected chi connectivity index (χ4v) is 3.97. The van der Waals surface area contributed by atoms with Crippen molar-refractivity contribution in [2.45, 2.75) is 41.5 Å². The Bertz CT molecular complexity index is 972. The Labute approximate surface area is 173 Å². The summed E-state index contributed by atoms with van der Waals surface area (Å²) in [6, 6.07) is 9.01. The van der Waals surface area contributed by atoms with Gasteiger partial charge in [0.25, 0.3) is 0 Å². The van der Waals surface area contributed by atoms with E-state index < -0.39 is 29.3 Å². The van der Waals surface area contributed by atoms with Gasteiger partial charge in [0.2, 0.25) is 0 Å². The van der Waals surface area contributed by atoms with E-state index in [2.05, 4.69) is 13.2 Å². The molecule has 0 saturated heterocycles. The summed E-state index contributed by atoms with van der Waals surface area (Å²) in [7, 11) is 0. The summed E-state index contributed by atoms with van der Waals surface area (Å²) < 4.78 is 92.3. The van der Waals surface area contributed by atoms with Crippen LogP contribution in [-0.4, -0.2) is 11.2 Å². The lowest BCUT2D eigenvalue weighted by Gasteiger charge is -2.31. The topological polar surface area (TPSA) is 0 Å². The Morgan fingerprint density at radius 3 is 1.97 bits per heavy atom. The Kier molecular flexibility index (Phi) is 5.84. The van der Waals surface area contributed by atoms with Crippen LogP contribution in [0.4, 0.5) is 30.7 Å². The van der Waals surface area contributed by atoms with E-state index in [1.807, 2.05) is 0 Å². The van der Waals surface area contributed by atoms with Crippen molar-refractivity contribution in [3.63, 3.8) is 0 Å². The molecule has 160 valence electrons. The average molecular weight is 446 g/mol. The van der Waals surface area contributed by atoms with Gasteiger partial charge in [0.05, 0.1) is 5.56 Å². The first kappa shape index (κ1) is 22.5. The lowest BCUT2D eigenvalue weighted by atomic mass is 9.94. The van der Waals surface area contributed by atoms with E-state index in [1.54, 1.807) is 6.07 Å². The summed E-state index contributed by atoms with van der Waals surface area (Å²) in [5.74, 6) is -4.14. The van der Waals surface area contributed by atoms with Crippen molar-refractivity contribution >= 4 is 22.9 Å². The average Bonchev–Trinajstić information content (AvgIpc) is 2.65. The van der Waals surface area contributed by atoms with Gasteiger partial charge in [0.1, 0.15) is 0 Å². The molecule has 2 aromatic carbocycles. The highest BCUT2D eigenvalue weighted by Gasteiger charge is 2.59. The third-order valence-corrected chi connectivity index (χ3v) is 6.07. The molecule has 0 spiro atoms. The summed E-state index contributed by atoms with van der Waals surface area (Å²) in [5.41, 5.74) is 1.69. The Morgan fingerprint density at radius 1 is 0.867 bits per heavy atom. The third-order valence-electron chi connectivity index (χ3n) is 4.89. The van der Waals surface area contributed by atoms with Gasteiger partial charge in [0, 0.05) is 11.3 Å². The number of allylic oxidation sites excluding steroid dienone is 2. The molecule has 0 nitrogen and oxygen atoms in total. The van der Waals surface area contributed by atoms with Crippen molar-refractivity contribution in [3.05, 3.63) is 77.9 Å². The van der Waals surface area contributed by atoms with Crippen LogP contribution in [0.1, 0.15) is 35.1 Å². The number of hydrogen-bond acceptors (Lipinski definition) is 1. The molecule has 8 heteroatoms. The van der Waals surface area contributed by atoms with Crippen molar-refractivity contribution in [2.75, 3.05) is 0 Å². The zero-order chi connectivity index (χ0) is 22.3. The van der Waals surface area contributed by atoms with Gasteiger partial charge in [0.15, 0.2) is 0 Å². The highest BCUT2D eigenvalue weighted by Crippen LogP contribution is 2.53. The summed E-state index contributed by atoms with van der Waals surface area (Å²) in [6.07, 6.45) is -4.69. The molecule has 1 aliphatic heterocycles. The number of benzene rings is 2. The maximum atomic E-state index is 13.7. The van der Waals surface area contributed by atoms with Gasteiger partial charge in [-0.2, -0.15) is 30.7 Å². The van der Waals surface area contributed by atoms with E-state index in [9.17, 15) is 30.7 Å². The van der Waals surface area contributed by atoms with Crippen molar-refractivity contribution in [2.24, 2.45) is 0 Å². The molecule has 2 aromatic rings. The van der Waals surface area contributed by atoms with Crippen LogP contribution in [0, 0.1) is 0 Å². The molecule has 0 fully saturated rings. The van der Waals surface area contributed by atoms with Crippen molar-refractivity contribution in [1.82, 2.24) is 0 Å². The van der Waals surface area contributed by atoms with Crippen molar-refractivity contribution in [3.8, 4) is 0 Å². The monoisotopic (exact) mass is 446 g/mol. The lowest BCUT2D eigenvalue weighted by Crippen LogP contribution is -2.42. The largest absolute Gasteiger partial charge is 0.416 e. The van der Waals surface area contributed by atoms with Crippen LogP contribution in [0.25, 0.3) is 11.1 Å². The summed E-state index contributed by atoms with van der Waals surface area (Å²) in [4.78, 5) is 0.108. The van der Waals surface area contributed by atoms with Gasteiger partial charge in [-0.05, 0) is 70.6 Å². The number of alkyl halides is 7. The molecule has 0 unspecified atom stereocenters. The molecule has 0 N–H and O–H groups in total. The number of hydrogen-bond donors (Lipinski definition) is 0. The second-order valence-corrected chi connectivity index (χ2v) is 8.26. The second kappa shape index (κ2) is 7.80. The molecular formula is C22H17F7S. The van der Waals surface area contributed by atoms with Crippen LogP contribution in [0.3, 0.4) is 0 Å². The fraction of sp³-hybridized carbons (Fsp3) is 0.273. The summed E-state index contributed by atoms with van der Waals surface area (Å²) in [5, 5.41) is -4.15. The lowest BCUT2D eigenvalue weighted by molar-refractivity contribution is -0.153. The van der Waals surface area contributed by atoms with Crippen LogP contribution in [0.5, 0.6) is 0 Å². The minimum absolute atomic E-state index is 0.108. The van der Waals surface area contributed by atoms with Gasteiger partial charge in [-0.15, -0.1) is 0 Å². The zero-order valence-electron chi connectivity index (χ0n) is 15.6. The number of rotatable bonds is 5. The molecule has 0 bridgehead atoms.